The second-order valence-corrected chi connectivity index (χ2v) is 5.35. The summed E-state index contributed by atoms with van der Waals surface area (Å²) in [5, 5.41) is 18.6. The highest BCUT2D eigenvalue weighted by Gasteiger charge is 2.38. The number of nitrogens with zero attached hydrogens (tertiary/aromatic N) is 1. The van der Waals surface area contributed by atoms with E-state index in [-0.39, 0.29) is 31.3 Å². The molecule has 1 aromatic rings. The maximum Gasteiger partial charge on any atom is 0.326 e. The lowest BCUT2D eigenvalue weighted by Gasteiger charge is -2.22. The van der Waals surface area contributed by atoms with E-state index in [9.17, 15) is 14.7 Å². The van der Waals surface area contributed by atoms with Crippen molar-refractivity contribution in [2.75, 3.05) is 6.54 Å². The lowest BCUT2D eigenvalue weighted by Crippen LogP contribution is -2.40. The molecule has 1 unspecified atom stereocenters. The van der Waals surface area contributed by atoms with Gasteiger partial charge in [-0.3, -0.25) is 4.79 Å². The van der Waals surface area contributed by atoms with Gasteiger partial charge in [-0.2, -0.15) is 0 Å². The van der Waals surface area contributed by atoms with Gasteiger partial charge in [0.25, 0.3) is 0 Å². The zero-order valence-electron chi connectivity index (χ0n) is 11.7. The Morgan fingerprint density at radius 1 is 1.33 bits per heavy atom. The lowest BCUT2D eigenvalue weighted by atomic mass is 10.0. The van der Waals surface area contributed by atoms with E-state index in [0.29, 0.717) is 6.42 Å². The molecule has 1 aliphatic heterocycles. The first-order valence-corrected chi connectivity index (χ1v) is 7.00. The molecular weight excluding hydrogens is 272 g/mol. The molecule has 2 rings (SSSR count). The lowest BCUT2D eigenvalue weighted by molar-refractivity contribution is -0.148. The first-order chi connectivity index (χ1) is 9.99. The number of benzene rings is 1. The molecule has 6 heteroatoms. The quantitative estimate of drug-likeness (QED) is 0.733. The number of aliphatic carboxylic acids is 1. The third kappa shape index (κ3) is 3.80. The van der Waals surface area contributed by atoms with Crippen LogP contribution in [-0.2, 0) is 9.59 Å². The van der Waals surface area contributed by atoms with Gasteiger partial charge in [0.05, 0.1) is 6.10 Å². The average Bonchev–Trinajstić information content (AvgIpc) is 2.87. The summed E-state index contributed by atoms with van der Waals surface area (Å²) in [6.07, 6.45) is -0.0574. The maximum absolute atomic E-state index is 12.1. The predicted octanol–water partition coefficient (Wildman–Crippen LogP) is 0.513. The Morgan fingerprint density at radius 2 is 2.00 bits per heavy atom. The van der Waals surface area contributed by atoms with Gasteiger partial charge in [-0.1, -0.05) is 30.3 Å². The molecule has 1 saturated heterocycles. The van der Waals surface area contributed by atoms with Crippen molar-refractivity contribution in [3.63, 3.8) is 0 Å². The van der Waals surface area contributed by atoms with Crippen LogP contribution in [0.25, 0.3) is 0 Å². The molecule has 0 radical (unpaired) electrons. The third-order valence-electron chi connectivity index (χ3n) is 3.78. The molecule has 1 fully saturated rings. The normalized spacial score (nSPS) is 23.0. The Balaban J connectivity index is 1.91. The van der Waals surface area contributed by atoms with Gasteiger partial charge in [-0.15, -0.1) is 0 Å². The minimum absolute atomic E-state index is 0.0797. The largest absolute Gasteiger partial charge is 0.480 e. The molecule has 6 nitrogen and oxygen atoms in total. The number of β-amino-alcohol motifs (C(OH)–C–C–N with tert-alkyl or cyclic N) is 1. The van der Waals surface area contributed by atoms with Crippen molar-refractivity contribution in [1.82, 2.24) is 4.90 Å². The van der Waals surface area contributed by atoms with E-state index in [1.807, 2.05) is 30.3 Å². The van der Waals surface area contributed by atoms with Crippen molar-refractivity contribution in [2.45, 2.75) is 37.5 Å². The van der Waals surface area contributed by atoms with Crippen molar-refractivity contribution in [1.29, 1.82) is 0 Å². The summed E-state index contributed by atoms with van der Waals surface area (Å²) < 4.78 is 0. The number of amides is 1. The smallest absolute Gasteiger partial charge is 0.326 e. The Hall–Kier alpha value is -1.92. The van der Waals surface area contributed by atoms with Crippen LogP contribution in [0.4, 0.5) is 0 Å². The topological polar surface area (TPSA) is 104 Å². The summed E-state index contributed by atoms with van der Waals surface area (Å²) in [5.74, 6) is -1.35. The van der Waals surface area contributed by atoms with Crippen molar-refractivity contribution in [3.8, 4) is 0 Å². The van der Waals surface area contributed by atoms with E-state index in [2.05, 4.69) is 0 Å². The first-order valence-electron chi connectivity index (χ1n) is 7.00. The van der Waals surface area contributed by atoms with Gasteiger partial charge >= 0.3 is 5.97 Å². The van der Waals surface area contributed by atoms with E-state index in [4.69, 9.17) is 10.8 Å². The van der Waals surface area contributed by atoms with Crippen LogP contribution >= 0.6 is 0 Å². The molecular formula is C15H20N2O4. The number of carboxylic acid groups (broad SMARTS) is 1. The minimum Gasteiger partial charge on any atom is -0.480 e. The number of carbonyl (C=O) groups is 2. The number of likely N-dealkylation sites (tertiary alicyclic amines) is 1. The zero-order valence-corrected chi connectivity index (χ0v) is 11.7. The van der Waals surface area contributed by atoms with Crippen LogP contribution in [0.15, 0.2) is 30.3 Å². The zero-order chi connectivity index (χ0) is 15.4. The van der Waals surface area contributed by atoms with Crippen molar-refractivity contribution in [3.05, 3.63) is 35.9 Å². The number of carbonyl (C=O) groups excluding carboxylic acids is 1. The average molecular weight is 292 g/mol. The highest BCUT2D eigenvalue weighted by atomic mass is 16.4. The molecule has 0 spiro atoms. The van der Waals surface area contributed by atoms with E-state index in [0.717, 1.165) is 5.56 Å². The molecule has 0 aromatic heterocycles. The number of hydrogen-bond acceptors (Lipinski definition) is 4. The second-order valence-electron chi connectivity index (χ2n) is 5.35. The molecule has 1 heterocycles. The molecule has 4 N–H and O–H groups in total. The highest BCUT2D eigenvalue weighted by Crippen LogP contribution is 2.21. The van der Waals surface area contributed by atoms with Crippen LogP contribution in [0.5, 0.6) is 0 Å². The van der Waals surface area contributed by atoms with Gasteiger partial charge in [0.1, 0.15) is 6.04 Å². The molecule has 114 valence electrons. The van der Waals surface area contributed by atoms with E-state index in [1.165, 1.54) is 4.90 Å². The molecule has 21 heavy (non-hydrogen) atoms. The Morgan fingerprint density at radius 3 is 2.62 bits per heavy atom. The van der Waals surface area contributed by atoms with E-state index >= 15 is 0 Å². The van der Waals surface area contributed by atoms with E-state index < -0.39 is 18.1 Å². The summed E-state index contributed by atoms with van der Waals surface area (Å²) >= 11 is 0. The fraction of sp³-hybridized carbons (Fsp3) is 0.467. The molecule has 0 bridgehead atoms. The fourth-order valence-electron chi connectivity index (χ4n) is 2.61. The SMILES string of the molecule is NC(CCC(=O)N1C[C@@H](O)C[C@H]1C(=O)O)c1ccccc1. The van der Waals surface area contributed by atoms with Gasteiger partial charge in [0, 0.05) is 25.4 Å². The van der Waals surface area contributed by atoms with Crippen LogP contribution in [0.3, 0.4) is 0 Å². The number of aliphatic hydroxyl groups is 1. The van der Waals surface area contributed by atoms with Crippen molar-refractivity contribution in [2.24, 2.45) is 5.73 Å². The predicted molar refractivity (Wildman–Crippen MR) is 76.4 cm³/mol. The summed E-state index contributed by atoms with van der Waals surface area (Å²) in [5.41, 5.74) is 6.97. The molecule has 1 aliphatic rings. The van der Waals surface area contributed by atoms with E-state index in [1.54, 1.807) is 0 Å². The molecule has 1 amide bonds. The highest BCUT2D eigenvalue weighted by molar-refractivity contribution is 5.84. The number of hydrogen-bond donors (Lipinski definition) is 3. The van der Waals surface area contributed by atoms with Crippen LogP contribution in [0, 0.1) is 0 Å². The molecule has 0 aliphatic carbocycles. The van der Waals surface area contributed by atoms with Crippen molar-refractivity contribution < 1.29 is 19.8 Å². The molecule has 1 aromatic carbocycles. The molecule has 0 saturated carbocycles. The maximum atomic E-state index is 12.1. The Kier molecular flexibility index (Phi) is 4.93. The Labute approximate surface area is 123 Å². The summed E-state index contributed by atoms with van der Waals surface area (Å²) in [6.45, 7) is 0.0797. The van der Waals surface area contributed by atoms with Crippen LogP contribution in [0.2, 0.25) is 0 Å². The molecule has 3 atom stereocenters. The summed E-state index contributed by atoms with van der Waals surface area (Å²) in [4.78, 5) is 24.5. The monoisotopic (exact) mass is 292 g/mol. The van der Waals surface area contributed by atoms with Crippen LogP contribution < -0.4 is 5.73 Å². The number of aliphatic hydroxyl groups excluding tert-OH is 1. The Bertz CT molecular complexity index is 506. The summed E-state index contributed by atoms with van der Waals surface area (Å²) in [6, 6.07) is 8.27. The fourth-order valence-corrected chi connectivity index (χ4v) is 2.61. The number of rotatable bonds is 5. The van der Waals surface area contributed by atoms with Gasteiger partial charge in [0.2, 0.25) is 5.91 Å². The third-order valence-corrected chi connectivity index (χ3v) is 3.78. The first kappa shape index (κ1) is 15.5. The van der Waals surface area contributed by atoms with Gasteiger partial charge in [-0.05, 0) is 12.0 Å². The van der Waals surface area contributed by atoms with Crippen LogP contribution in [0.1, 0.15) is 30.9 Å². The standard InChI is InChI=1S/C15H20N2O4/c16-12(10-4-2-1-3-5-10)6-7-14(19)17-9-11(18)8-13(17)15(20)21/h1-5,11-13,18H,6-9,16H2,(H,20,21)/t11-,12?,13-/m0/s1. The minimum atomic E-state index is -1.08. The van der Waals surface area contributed by atoms with Crippen molar-refractivity contribution >= 4 is 11.9 Å². The second kappa shape index (κ2) is 6.69. The van der Waals surface area contributed by atoms with Gasteiger partial charge < -0.3 is 20.8 Å². The summed E-state index contributed by atoms with van der Waals surface area (Å²) in [7, 11) is 0. The van der Waals surface area contributed by atoms with Gasteiger partial charge in [-0.25, -0.2) is 4.79 Å². The number of carboxylic acids is 1. The number of nitrogens with two attached hydrogens (primary N) is 1. The van der Waals surface area contributed by atoms with Crippen LogP contribution in [-0.4, -0.2) is 45.7 Å². The van der Waals surface area contributed by atoms with Gasteiger partial charge in [0.15, 0.2) is 0 Å².